The highest BCUT2D eigenvalue weighted by Gasteiger charge is 2.17. The van der Waals surface area contributed by atoms with Gasteiger partial charge in [0, 0.05) is 13.1 Å². The highest BCUT2D eigenvalue weighted by Crippen LogP contribution is 2.17. The number of carboxylic acid groups (broad SMARTS) is 1. The molecule has 0 atom stereocenters. The molecule has 1 fully saturated rings. The topological polar surface area (TPSA) is 69.6 Å². The first kappa shape index (κ1) is 15.3. The average Bonchev–Trinajstić information content (AvgIpc) is 2.40. The van der Waals surface area contributed by atoms with Gasteiger partial charge < -0.3 is 15.3 Å². The zero-order valence-corrected chi connectivity index (χ0v) is 11.8. The van der Waals surface area contributed by atoms with E-state index in [9.17, 15) is 14.0 Å². The maximum atomic E-state index is 13.8. The molecule has 0 aliphatic carbocycles. The quantitative estimate of drug-likeness (QED) is 0.879. The number of halogens is 1. The van der Waals surface area contributed by atoms with Crippen LogP contribution in [0.5, 0.6) is 0 Å². The first-order chi connectivity index (χ1) is 10.1. The minimum atomic E-state index is -1.20. The van der Waals surface area contributed by atoms with E-state index in [0.29, 0.717) is 13.1 Å². The summed E-state index contributed by atoms with van der Waals surface area (Å²) < 4.78 is 13.8. The molecule has 1 aromatic rings. The lowest BCUT2D eigenvalue weighted by Crippen LogP contribution is -2.37. The number of aromatic carboxylic acids is 1. The fraction of sp³-hybridized carbons (Fsp3) is 0.467. The molecule has 114 valence electrons. The maximum absolute atomic E-state index is 13.8. The molecule has 0 radical (unpaired) electrons. The Morgan fingerprint density at radius 2 is 1.71 bits per heavy atom. The Morgan fingerprint density at radius 1 is 1.10 bits per heavy atom. The van der Waals surface area contributed by atoms with Gasteiger partial charge in [0.2, 0.25) is 0 Å². The number of hydrogen-bond donors (Lipinski definition) is 2. The standard InChI is InChI=1S/C15H19FN2O3/c16-12-10-11(14(19)20)6-7-13(12)17-15(21)18-8-4-2-1-3-5-9-18/h6-7,10H,1-5,8-9H2,(H,17,21)(H,19,20). The van der Waals surface area contributed by atoms with Crippen molar-refractivity contribution in [2.45, 2.75) is 32.1 Å². The third kappa shape index (κ3) is 4.18. The summed E-state index contributed by atoms with van der Waals surface area (Å²) in [5.41, 5.74) is -0.135. The molecule has 1 saturated heterocycles. The fourth-order valence-corrected chi connectivity index (χ4v) is 2.39. The van der Waals surface area contributed by atoms with E-state index in [0.717, 1.165) is 31.7 Å². The van der Waals surface area contributed by atoms with E-state index >= 15 is 0 Å². The summed E-state index contributed by atoms with van der Waals surface area (Å²) in [7, 11) is 0. The Bertz CT molecular complexity index is 526. The molecule has 1 aliphatic heterocycles. The number of benzene rings is 1. The molecule has 6 heteroatoms. The molecule has 0 spiro atoms. The van der Waals surface area contributed by atoms with Crippen molar-refractivity contribution in [2.24, 2.45) is 0 Å². The number of likely N-dealkylation sites (tertiary alicyclic amines) is 1. The van der Waals surface area contributed by atoms with Gasteiger partial charge in [-0.3, -0.25) is 0 Å². The van der Waals surface area contributed by atoms with E-state index in [1.165, 1.54) is 18.6 Å². The number of carboxylic acids is 1. The van der Waals surface area contributed by atoms with E-state index in [1.807, 2.05) is 0 Å². The van der Waals surface area contributed by atoms with Crippen LogP contribution in [0.25, 0.3) is 0 Å². The van der Waals surface area contributed by atoms with Crippen LogP contribution in [0.15, 0.2) is 18.2 Å². The molecule has 21 heavy (non-hydrogen) atoms. The van der Waals surface area contributed by atoms with Crippen LogP contribution in [-0.4, -0.2) is 35.1 Å². The molecule has 1 aliphatic rings. The summed E-state index contributed by atoms with van der Waals surface area (Å²) in [5.74, 6) is -1.94. The summed E-state index contributed by atoms with van der Waals surface area (Å²) in [4.78, 5) is 24.6. The normalized spacial score (nSPS) is 16.0. The van der Waals surface area contributed by atoms with Crippen LogP contribution in [-0.2, 0) is 0 Å². The molecule has 2 amide bonds. The van der Waals surface area contributed by atoms with Gasteiger partial charge in [0.15, 0.2) is 0 Å². The number of carbonyl (C=O) groups is 2. The summed E-state index contributed by atoms with van der Waals surface area (Å²) in [5, 5.41) is 11.3. The van der Waals surface area contributed by atoms with E-state index < -0.39 is 11.8 Å². The van der Waals surface area contributed by atoms with Gasteiger partial charge in [-0.2, -0.15) is 0 Å². The smallest absolute Gasteiger partial charge is 0.335 e. The largest absolute Gasteiger partial charge is 0.478 e. The SMILES string of the molecule is O=C(O)c1ccc(NC(=O)N2CCCCCCC2)c(F)c1. The highest BCUT2D eigenvalue weighted by atomic mass is 19.1. The van der Waals surface area contributed by atoms with Crippen LogP contribution in [0.2, 0.25) is 0 Å². The molecule has 0 bridgehead atoms. The number of anilines is 1. The first-order valence-electron chi connectivity index (χ1n) is 7.16. The second-order valence-electron chi connectivity index (χ2n) is 5.18. The lowest BCUT2D eigenvalue weighted by molar-refractivity contribution is 0.0696. The van der Waals surface area contributed by atoms with Crippen molar-refractivity contribution < 1.29 is 19.1 Å². The Labute approximate surface area is 122 Å². The minimum Gasteiger partial charge on any atom is -0.478 e. The summed E-state index contributed by atoms with van der Waals surface area (Å²) in [6.07, 6.45) is 5.30. The molecular formula is C15H19FN2O3. The van der Waals surface area contributed by atoms with Gasteiger partial charge in [0.05, 0.1) is 11.3 Å². The molecule has 5 nitrogen and oxygen atoms in total. The van der Waals surface area contributed by atoms with Crippen LogP contribution < -0.4 is 5.32 Å². The van der Waals surface area contributed by atoms with Crippen molar-refractivity contribution >= 4 is 17.7 Å². The molecular weight excluding hydrogens is 275 g/mol. The molecule has 0 saturated carbocycles. The van der Waals surface area contributed by atoms with Crippen LogP contribution in [0, 0.1) is 5.82 Å². The van der Waals surface area contributed by atoms with Gasteiger partial charge in [0.25, 0.3) is 0 Å². The Hall–Kier alpha value is -2.11. The van der Waals surface area contributed by atoms with Gasteiger partial charge in [0.1, 0.15) is 5.82 Å². The third-order valence-electron chi connectivity index (χ3n) is 3.60. The van der Waals surface area contributed by atoms with Gasteiger partial charge in [-0.05, 0) is 31.0 Å². The van der Waals surface area contributed by atoms with E-state index in [2.05, 4.69) is 5.32 Å². The van der Waals surface area contributed by atoms with Crippen molar-refractivity contribution in [1.29, 1.82) is 0 Å². The molecule has 1 aromatic carbocycles. The number of urea groups is 1. The minimum absolute atomic E-state index is 0.00654. The number of carbonyl (C=O) groups excluding carboxylic acids is 1. The zero-order valence-electron chi connectivity index (χ0n) is 11.8. The van der Waals surface area contributed by atoms with Gasteiger partial charge in [-0.1, -0.05) is 19.3 Å². The lowest BCUT2D eigenvalue weighted by atomic mass is 10.1. The molecule has 0 unspecified atom stereocenters. The lowest BCUT2D eigenvalue weighted by Gasteiger charge is -2.25. The maximum Gasteiger partial charge on any atom is 0.335 e. The van der Waals surface area contributed by atoms with E-state index in [1.54, 1.807) is 4.90 Å². The Balaban J connectivity index is 2.02. The predicted octanol–water partition coefficient (Wildman–Crippen LogP) is 3.32. The zero-order chi connectivity index (χ0) is 15.2. The summed E-state index contributed by atoms with van der Waals surface area (Å²) >= 11 is 0. The summed E-state index contributed by atoms with van der Waals surface area (Å²) in [6, 6.07) is 3.12. The molecule has 0 aromatic heterocycles. The summed E-state index contributed by atoms with van der Waals surface area (Å²) in [6.45, 7) is 1.33. The fourth-order valence-electron chi connectivity index (χ4n) is 2.39. The van der Waals surface area contributed by atoms with Crippen molar-refractivity contribution in [1.82, 2.24) is 4.90 Å². The van der Waals surface area contributed by atoms with E-state index in [4.69, 9.17) is 5.11 Å². The van der Waals surface area contributed by atoms with E-state index in [-0.39, 0.29) is 17.3 Å². The highest BCUT2D eigenvalue weighted by molar-refractivity contribution is 5.91. The number of hydrogen-bond acceptors (Lipinski definition) is 2. The second kappa shape index (κ2) is 7.06. The third-order valence-corrected chi connectivity index (χ3v) is 3.60. The molecule has 2 rings (SSSR count). The number of nitrogens with zero attached hydrogens (tertiary/aromatic N) is 1. The first-order valence-corrected chi connectivity index (χ1v) is 7.16. The number of rotatable bonds is 2. The van der Waals surface area contributed by atoms with Gasteiger partial charge >= 0.3 is 12.0 Å². The Kier molecular flexibility index (Phi) is 5.14. The van der Waals surface area contributed by atoms with Crippen molar-refractivity contribution in [2.75, 3.05) is 18.4 Å². The van der Waals surface area contributed by atoms with Crippen molar-refractivity contribution in [3.05, 3.63) is 29.6 Å². The van der Waals surface area contributed by atoms with Gasteiger partial charge in [-0.15, -0.1) is 0 Å². The van der Waals surface area contributed by atoms with Crippen LogP contribution >= 0.6 is 0 Å². The van der Waals surface area contributed by atoms with Crippen LogP contribution in [0.3, 0.4) is 0 Å². The number of nitrogens with one attached hydrogen (secondary N) is 1. The van der Waals surface area contributed by atoms with Gasteiger partial charge in [-0.25, -0.2) is 14.0 Å². The van der Waals surface area contributed by atoms with Crippen molar-refractivity contribution in [3.63, 3.8) is 0 Å². The monoisotopic (exact) mass is 294 g/mol. The predicted molar refractivity (Wildman–Crippen MR) is 77.0 cm³/mol. The van der Waals surface area contributed by atoms with Crippen LogP contribution in [0.1, 0.15) is 42.5 Å². The average molecular weight is 294 g/mol. The Morgan fingerprint density at radius 3 is 2.29 bits per heavy atom. The molecule has 1 heterocycles. The second-order valence-corrected chi connectivity index (χ2v) is 5.18. The van der Waals surface area contributed by atoms with Crippen LogP contribution in [0.4, 0.5) is 14.9 Å². The number of amides is 2. The van der Waals surface area contributed by atoms with Crippen molar-refractivity contribution in [3.8, 4) is 0 Å². The molecule has 2 N–H and O–H groups in total.